The summed E-state index contributed by atoms with van der Waals surface area (Å²) in [7, 11) is 0. The molecule has 94 valence electrons. The summed E-state index contributed by atoms with van der Waals surface area (Å²) in [5, 5.41) is 18.2. The molecule has 3 aromatic rings. The van der Waals surface area contributed by atoms with E-state index in [2.05, 4.69) is 17.1 Å². The van der Waals surface area contributed by atoms with E-state index in [0.29, 0.717) is 21.6 Å². The van der Waals surface area contributed by atoms with Gasteiger partial charge in [-0.15, -0.1) is 0 Å². The molecule has 3 rings (SSSR count). The molecule has 0 aliphatic rings. The summed E-state index contributed by atoms with van der Waals surface area (Å²) in [5.74, 6) is 0. The summed E-state index contributed by atoms with van der Waals surface area (Å²) in [6, 6.07) is 16.8. The molecule has 0 unspecified atom stereocenters. The fourth-order valence-electron chi connectivity index (χ4n) is 2.17. The third kappa shape index (κ3) is 1.78. The Kier molecular flexibility index (Phi) is 2.83. The largest absolute Gasteiger partial charge is 0.330 e. The first kappa shape index (κ1) is 12.2. The Balaban J connectivity index is 2.42. The van der Waals surface area contributed by atoms with Crippen molar-refractivity contribution in [1.29, 1.82) is 10.5 Å². The number of fused-ring (bicyclic) bond motifs is 1. The van der Waals surface area contributed by atoms with E-state index in [9.17, 15) is 5.26 Å². The van der Waals surface area contributed by atoms with Gasteiger partial charge in [-0.2, -0.15) is 10.5 Å². The van der Waals surface area contributed by atoms with Crippen LogP contribution in [0.1, 0.15) is 11.1 Å². The summed E-state index contributed by atoms with van der Waals surface area (Å²) in [5.41, 5.74) is 3.42. The fraction of sp³-hybridized carbons (Fsp3) is 0. The van der Waals surface area contributed by atoms with Crippen LogP contribution in [0.2, 0.25) is 0 Å². The van der Waals surface area contributed by atoms with Crippen molar-refractivity contribution < 1.29 is 0 Å². The first-order chi connectivity index (χ1) is 9.74. The van der Waals surface area contributed by atoms with Crippen molar-refractivity contribution in [3.8, 4) is 17.8 Å². The Labute approximate surface area is 120 Å². The minimum atomic E-state index is 0.498. The molecule has 0 saturated heterocycles. The molecule has 0 spiro atoms. The second-order valence-electron chi connectivity index (χ2n) is 4.24. The minimum absolute atomic E-state index is 0.498. The van der Waals surface area contributed by atoms with Crippen molar-refractivity contribution in [1.82, 2.24) is 9.55 Å². The predicted molar refractivity (Wildman–Crippen MR) is 77.9 cm³/mol. The molecule has 0 fully saturated rings. The quantitative estimate of drug-likeness (QED) is 0.692. The molecule has 20 heavy (non-hydrogen) atoms. The lowest BCUT2D eigenvalue weighted by Gasteiger charge is -2.06. The van der Waals surface area contributed by atoms with Crippen LogP contribution in [-0.2, 0) is 0 Å². The number of aromatic amines is 1. The number of hydrogen-bond acceptors (Lipinski definition) is 3. The number of benzene rings is 2. The van der Waals surface area contributed by atoms with Crippen LogP contribution in [-0.4, -0.2) is 9.55 Å². The van der Waals surface area contributed by atoms with Crippen LogP contribution in [0.15, 0.2) is 42.5 Å². The second kappa shape index (κ2) is 4.65. The number of rotatable bonds is 1. The van der Waals surface area contributed by atoms with E-state index in [4.69, 9.17) is 17.5 Å². The standard InChI is InChI=1S/C15H8N4S/c16-8-10-5-6-12-14(7-10)19(15(20)18-12)13-4-2-1-3-11(13)9-17/h1-7H,(H,18,20). The van der Waals surface area contributed by atoms with Crippen LogP contribution in [0.3, 0.4) is 0 Å². The molecule has 0 aliphatic heterocycles. The number of H-pyrrole nitrogens is 1. The molecule has 1 N–H and O–H groups in total. The van der Waals surface area contributed by atoms with Gasteiger partial charge in [-0.3, -0.25) is 4.57 Å². The number of aromatic nitrogens is 2. The number of para-hydroxylation sites is 1. The van der Waals surface area contributed by atoms with Gasteiger partial charge in [0, 0.05) is 0 Å². The molecule has 0 atom stereocenters. The third-order valence-corrected chi connectivity index (χ3v) is 3.36. The number of imidazole rings is 1. The number of hydrogen-bond donors (Lipinski definition) is 1. The molecule has 2 aromatic carbocycles. The lowest BCUT2D eigenvalue weighted by molar-refractivity contribution is 1.06. The van der Waals surface area contributed by atoms with Gasteiger partial charge in [-0.05, 0) is 42.5 Å². The van der Waals surface area contributed by atoms with Gasteiger partial charge in [0.15, 0.2) is 4.77 Å². The molecule has 0 amide bonds. The number of nitrogens with one attached hydrogen (secondary N) is 1. The van der Waals surface area contributed by atoms with E-state index >= 15 is 0 Å². The van der Waals surface area contributed by atoms with Crippen molar-refractivity contribution in [2.24, 2.45) is 0 Å². The Hall–Kier alpha value is -2.89. The predicted octanol–water partition coefficient (Wildman–Crippen LogP) is 3.43. The van der Waals surface area contributed by atoms with Gasteiger partial charge in [0.05, 0.1) is 33.9 Å². The van der Waals surface area contributed by atoms with Gasteiger partial charge in [-0.25, -0.2) is 0 Å². The summed E-state index contributed by atoms with van der Waals surface area (Å²) < 4.78 is 2.28. The van der Waals surface area contributed by atoms with Crippen molar-refractivity contribution in [3.05, 3.63) is 58.4 Å². The van der Waals surface area contributed by atoms with E-state index in [1.807, 2.05) is 18.2 Å². The van der Waals surface area contributed by atoms with Gasteiger partial charge in [-0.1, -0.05) is 12.1 Å². The number of nitrogens with zero attached hydrogens (tertiary/aromatic N) is 3. The second-order valence-corrected chi connectivity index (χ2v) is 4.62. The van der Waals surface area contributed by atoms with Crippen LogP contribution >= 0.6 is 12.2 Å². The van der Waals surface area contributed by atoms with Crippen LogP contribution in [0.5, 0.6) is 0 Å². The molecule has 0 saturated carbocycles. The minimum Gasteiger partial charge on any atom is -0.330 e. The fourth-order valence-corrected chi connectivity index (χ4v) is 2.48. The first-order valence-corrected chi connectivity index (χ1v) is 6.30. The molecular formula is C15H8N4S. The summed E-state index contributed by atoms with van der Waals surface area (Å²) in [4.78, 5) is 3.09. The number of nitriles is 2. The summed E-state index contributed by atoms with van der Waals surface area (Å²) >= 11 is 5.34. The van der Waals surface area contributed by atoms with E-state index in [1.165, 1.54) is 0 Å². The van der Waals surface area contributed by atoms with Gasteiger partial charge in [0.25, 0.3) is 0 Å². The Morgan fingerprint density at radius 2 is 1.85 bits per heavy atom. The molecular weight excluding hydrogens is 268 g/mol. The molecule has 1 heterocycles. The maximum absolute atomic E-state index is 9.22. The molecule has 0 radical (unpaired) electrons. The van der Waals surface area contributed by atoms with E-state index in [0.717, 1.165) is 11.0 Å². The normalized spacial score (nSPS) is 10.1. The van der Waals surface area contributed by atoms with Gasteiger partial charge >= 0.3 is 0 Å². The van der Waals surface area contributed by atoms with Crippen LogP contribution in [0, 0.1) is 27.4 Å². The topological polar surface area (TPSA) is 68.3 Å². The molecule has 0 aliphatic carbocycles. The Bertz CT molecular complexity index is 950. The molecule has 4 nitrogen and oxygen atoms in total. The highest BCUT2D eigenvalue weighted by atomic mass is 32.1. The van der Waals surface area contributed by atoms with E-state index in [1.54, 1.807) is 28.8 Å². The zero-order chi connectivity index (χ0) is 14.1. The van der Waals surface area contributed by atoms with Crippen molar-refractivity contribution in [2.45, 2.75) is 0 Å². The molecule has 5 heteroatoms. The molecule has 0 bridgehead atoms. The summed E-state index contributed by atoms with van der Waals surface area (Å²) in [6.45, 7) is 0. The lowest BCUT2D eigenvalue weighted by atomic mass is 10.1. The molecule has 1 aromatic heterocycles. The van der Waals surface area contributed by atoms with Crippen molar-refractivity contribution in [3.63, 3.8) is 0 Å². The van der Waals surface area contributed by atoms with Gasteiger partial charge < -0.3 is 4.98 Å². The summed E-state index contributed by atoms with van der Waals surface area (Å²) in [6.07, 6.45) is 0. The van der Waals surface area contributed by atoms with Gasteiger partial charge in [0.2, 0.25) is 0 Å². The maximum Gasteiger partial charge on any atom is 0.182 e. The monoisotopic (exact) mass is 276 g/mol. The Morgan fingerprint density at radius 1 is 1.05 bits per heavy atom. The van der Waals surface area contributed by atoms with Crippen LogP contribution < -0.4 is 0 Å². The van der Waals surface area contributed by atoms with Crippen molar-refractivity contribution in [2.75, 3.05) is 0 Å². The smallest absolute Gasteiger partial charge is 0.182 e. The maximum atomic E-state index is 9.22. The average Bonchev–Trinajstić information content (AvgIpc) is 2.81. The highest BCUT2D eigenvalue weighted by Crippen LogP contribution is 2.22. The Morgan fingerprint density at radius 3 is 2.60 bits per heavy atom. The van der Waals surface area contributed by atoms with Gasteiger partial charge in [0.1, 0.15) is 6.07 Å². The highest BCUT2D eigenvalue weighted by molar-refractivity contribution is 7.71. The van der Waals surface area contributed by atoms with Crippen LogP contribution in [0.4, 0.5) is 0 Å². The lowest BCUT2D eigenvalue weighted by Crippen LogP contribution is -1.97. The van der Waals surface area contributed by atoms with E-state index in [-0.39, 0.29) is 0 Å². The average molecular weight is 276 g/mol. The van der Waals surface area contributed by atoms with Crippen molar-refractivity contribution >= 4 is 23.3 Å². The SMILES string of the molecule is N#Cc1ccc2[nH]c(=S)n(-c3ccccc3C#N)c2c1. The zero-order valence-corrected chi connectivity index (χ0v) is 11.1. The third-order valence-electron chi connectivity index (χ3n) is 3.08. The first-order valence-electron chi connectivity index (χ1n) is 5.89. The van der Waals surface area contributed by atoms with E-state index < -0.39 is 0 Å². The zero-order valence-electron chi connectivity index (χ0n) is 10.3. The van der Waals surface area contributed by atoms with Crippen LogP contribution in [0.25, 0.3) is 16.7 Å². The highest BCUT2D eigenvalue weighted by Gasteiger charge is 2.10.